The van der Waals surface area contributed by atoms with E-state index in [1.165, 1.54) is 43.5 Å². The molecule has 1 aromatic carbocycles. The van der Waals surface area contributed by atoms with E-state index >= 15 is 0 Å². The summed E-state index contributed by atoms with van der Waals surface area (Å²) in [6, 6.07) is 5.64. The van der Waals surface area contributed by atoms with E-state index in [2.05, 4.69) is 11.5 Å². The molecule has 0 aromatic heterocycles. The zero-order valence-electron chi connectivity index (χ0n) is 10.9. The molecule has 104 valence electrons. The van der Waals surface area contributed by atoms with Crippen molar-refractivity contribution in [1.29, 1.82) is 0 Å². The molecule has 0 N–H and O–H groups in total. The van der Waals surface area contributed by atoms with E-state index in [9.17, 15) is 9.18 Å². The zero-order chi connectivity index (χ0) is 13.0. The van der Waals surface area contributed by atoms with Gasteiger partial charge in [0.2, 0.25) is 0 Å². The van der Waals surface area contributed by atoms with Crippen LogP contribution in [0.3, 0.4) is 0 Å². The van der Waals surface area contributed by atoms with Gasteiger partial charge in [-0.25, -0.2) is 4.39 Å². The van der Waals surface area contributed by atoms with Crippen molar-refractivity contribution in [2.45, 2.75) is 19.3 Å². The second-order valence-corrected chi connectivity index (χ2v) is 4.78. The number of halogens is 2. The molecular weight excluding hydrogens is 265 g/mol. The summed E-state index contributed by atoms with van der Waals surface area (Å²) in [4.78, 5) is 14.3. The van der Waals surface area contributed by atoms with Gasteiger partial charge < -0.3 is 0 Å². The maximum absolute atomic E-state index is 12.8. The molecule has 1 aliphatic heterocycles. The number of nitrogens with zero attached hydrogens (tertiary/aromatic N) is 1. The molecule has 0 atom stereocenters. The van der Waals surface area contributed by atoms with E-state index < -0.39 is 0 Å². The van der Waals surface area contributed by atoms with Gasteiger partial charge in [0.15, 0.2) is 5.78 Å². The van der Waals surface area contributed by atoms with Crippen LogP contribution in [0.2, 0.25) is 0 Å². The van der Waals surface area contributed by atoms with Crippen LogP contribution < -0.4 is 0 Å². The van der Waals surface area contributed by atoms with Crippen LogP contribution in [-0.2, 0) is 0 Å². The molecule has 0 bridgehead atoms. The lowest BCUT2D eigenvalue weighted by molar-refractivity contribution is 0.102. The molecule has 0 amide bonds. The number of benzene rings is 1. The molecule has 0 aliphatic carbocycles. The first-order chi connectivity index (χ1) is 8.66. The number of Topliss-reactive ketones (excluding diaryl/α,β-unsaturated/α-hetero) is 1. The predicted octanol–water partition coefficient (Wildman–Crippen LogP) is 3.47. The number of rotatable bonds is 4. The minimum absolute atomic E-state index is 0. The van der Waals surface area contributed by atoms with Crippen LogP contribution in [0, 0.1) is 5.82 Å². The zero-order valence-corrected chi connectivity index (χ0v) is 11.7. The van der Waals surface area contributed by atoms with E-state index in [1.54, 1.807) is 0 Å². The van der Waals surface area contributed by atoms with Crippen LogP contribution in [0.15, 0.2) is 36.4 Å². The van der Waals surface area contributed by atoms with Gasteiger partial charge in [-0.15, -0.1) is 12.4 Å². The van der Waals surface area contributed by atoms with Gasteiger partial charge in [0.25, 0.3) is 0 Å². The van der Waals surface area contributed by atoms with E-state index in [-0.39, 0.29) is 24.0 Å². The highest BCUT2D eigenvalue weighted by atomic mass is 35.5. The number of carbonyl (C=O) groups excluding carboxylic acids is 1. The molecule has 1 heterocycles. The fourth-order valence-electron chi connectivity index (χ4n) is 2.26. The van der Waals surface area contributed by atoms with E-state index in [0.29, 0.717) is 17.7 Å². The number of hydrogen-bond donors (Lipinski definition) is 0. The molecule has 19 heavy (non-hydrogen) atoms. The fourth-order valence-corrected chi connectivity index (χ4v) is 2.26. The Morgan fingerprint density at radius 2 is 1.74 bits per heavy atom. The van der Waals surface area contributed by atoms with Crippen LogP contribution in [0.25, 0.3) is 0 Å². The van der Waals surface area contributed by atoms with Crippen LogP contribution in [-0.4, -0.2) is 30.3 Å². The van der Waals surface area contributed by atoms with Gasteiger partial charge in [-0.3, -0.25) is 9.69 Å². The Morgan fingerprint density at radius 1 is 1.16 bits per heavy atom. The summed E-state index contributed by atoms with van der Waals surface area (Å²) in [6.45, 7) is 6.56. The summed E-state index contributed by atoms with van der Waals surface area (Å²) in [5.74, 6) is -0.409. The van der Waals surface area contributed by atoms with E-state index in [1.807, 2.05) is 0 Å². The van der Waals surface area contributed by atoms with Crippen molar-refractivity contribution in [3.05, 3.63) is 47.8 Å². The Morgan fingerprint density at radius 3 is 2.32 bits per heavy atom. The molecule has 1 aromatic rings. The summed E-state index contributed by atoms with van der Waals surface area (Å²) in [5.41, 5.74) is 1.10. The third-order valence-electron chi connectivity index (χ3n) is 3.29. The number of piperidine rings is 1. The molecule has 0 saturated carbocycles. The van der Waals surface area contributed by atoms with Crippen molar-refractivity contribution in [3.63, 3.8) is 0 Å². The third kappa shape index (κ3) is 4.44. The molecule has 4 heteroatoms. The molecule has 1 fully saturated rings. The molecule has 0 radical (unpaired) electrons. The lowest BCUT2D eigenvalue weighted by Crippen LogP contribution is -2.32. The van der Waals surface area contributed by atoms with Crippen molar-refractivity contribution >= 4 is 18.2 Å². The summed E-state index contributed by atoms with van der Waals surface area (Å²) < 4.78 is 12.8. The SMILES string of the molecule is C=C(CN1CCCCC1)C(=O)c1ccc(F)cc1.Cl. The smallest absolute Gasteiger partial charge is 0.189 e. The van der Waals surface area contributed by atoms with Crippen LogP contribution in [0.1, 0.15) is 29.6 Å². The molecule has 0 spiro atoms. The van der Waals surface area contributed by atoms with Gasteiger partial charge in [-0.1, -0.05) is 13.0 Å². The van der Waals surface area contributed by atoms with Crippen molar-refractivity contribution in [1.82, 2.24) is 4.90 Å². The molecule has 1 aliphatic rings. The predicted molar refractivity (Wildman–Crippen MR) is 77.4 cm³/mol. The number of likely N-dealkylation sites (tertiary alicyclic amines) is 1. The topological polar surface area (TPSA) is 20.3 Å². The number of carbonyl (C=O) groups is 1. The second kappa shape index (κ2) is 7.41. The van der Waals surface area contributed by atoms with Crippen molar-refractivity contribution in [2.24, 2.45) is 0 Å². The lowest BCUT2D eigenvalue weighted by Gasteiger charge is -2.26. The monoisotopic (exact) mass is 283 g/mol. The summed E-state index contributed by atoms with van der Waals surface area (Å²) in [5, 5.41) is 0. The quantitative estimate of drug-likeness (QED) is 0.623. The third-order valence-corrected chi connectivity index (χ3v) is 3.29. The van der Waals surface area contributed by atoms with Gasteiger partial charge in [-0.05, 0) is 50.2 Å². The highest BCUT2D eigenvalue weighted by molar-refractivity contribution is 6.08. The molecule has 1 saturated heterocycles. The van der Waals surface area contributed by atoms with Crippen molar-refractivity contribution < 1.29 is 9.18 Å². The highest BCUT2D eigenvalue weighted by Gasteiger charge is 2.16. The molecule has 2 nitrogen and oxygen atoms in total. The fraction of sp³-hybridized carbons (Fsp3) is 0.400. The Hall–Kier alpha value is -1.19. The Labute approximate surface area is 119 Å². The minimum Gasteiger partial charge on any atom is -0.299 e. The molecule has 2 rings (SSSR count). The van der Waals surface area contributed by atoms with Gasteiger partial charge in [0, 0.05) is 17.7 Å². The Bertz CT molecular complexity index is 438. The molecular formula is C15H19ClFNO. The largest absolute Gasteiger partial charge is 0.299 e. The average molecular weight is 284 g/mol. The van der Waals surface area contributed by atoms with Gasteiger partial charge in [0.1, 0.15) is 5.82 Å². The number of hydrogen-bond acceptors (Lipinski definition) is 2. The summed E-state index contributed by atoms with van der Waals surface area (Å²) in [6.07, 6.45) is 3.66. The van der Waals surface area contributed by atoms with Crippen molar-refractivity contribution in [3.8, 4) is 0 Å². The van der Waals surface area contributed by atoms with Gasteiger partial charge >= 0.3 is 0 Å². The van der Waals surface area contributed by atoms with Crippen LogP contribution in [0.4, 0.5) is 4.39 Å². The first kappa shape index (κ1) is 15.9. The minimum atomic E-state index is -0.326. The van der Waals surface area contributed by atoms with E-state index in [0.717, 1.165) is 13.1 Å². The first-order valence-corrected chi connectivity index (χ1v) is 6.37. The first-order valence-electron chi connectivity index (χ1n) is 6.37. The molecule has 0 unspecified atom stereocenters. The summed E-state index contributed by atoms with van der Waals surface area (Å²) >= 11 is 0. The second-order valence-electron chi connectivity index (χ2n) is 4.78. The average Bonchev–Trinajstić information content (AvgIpc) is 2.40. The van der Waals surface area contributed by atoms with Gasteiger partial charge in [0.05, 0.1) is 0 Å². The van der Waals surface area contributed by atoms with E-state index in [4.69, 9.17) is 0 Å². The van der Waals surface area contributed by atoms with Crippen LogP contribution >= 0.6 is 12.4 Å². The maximum Gasteiger partial charge on any atom is 0.189 e. The Balaban J connectivity index is 0.00000180. The Kier molecular flexibility index (Phi) is 6.19. The van der Waals surface area contributed by atoms with Crippen molar-refractivity contribution in [2.75, 3.05) is 19.6 Å². The standard InChI is InChI=1S/C15H18FNO.ClH/c1-12(11-17-9-3-2-4-10-17)15(18)13-5-7-14(16)8-6-13;/h5-8H,1-4,9-11H2;1H. The number of ketones is 1. The van der Waals surface area contributed by atoms with Gasteiger partial charge in [-0.2, -0.15) is 0 Å². The lowest BCUT2D eigenvalue weighted by atomic mass is 10.0. The normalized spacial score (nSPS) is 15.6. The highest BCUT2D eigenvalue weighted by Crippen LogP contribution is 2.13. The summed E-state index contributed by atoms with van der Waals surface area (Å²) in [7, 11) is 0. The maximum atomic E-state index is 12.8. The van der Waals surface area contributed by atoms with Crippen LogP contribution in [0.5, 0.6) is 0 Å².